The van der Waals surface area contributed by atoms with Crippen molar-refractivity contribution in [2.45, 2.75) is 37.4 Å². The number of allylic oxidation sites excluding steroid dienone is 1. The lowest BCUT2D eigenvalue weighted by molar-refractivity contribution is -0.136. The number of carbonyl (C=O) groups excluding carboxylic acids is 3. The molecule has 0 spiro atoms. The molecule has 1 saturated carbocycles. The average Bonchev–Trinajstić information content (AvgIpc) is 3.68. The zero-order valence-electron chi connectivity index (χ0n) is 23.2. The van der Waals surface area contributed by atoms with Gasteiger partial charge in [0.1, 0.15) is 24.0 Å². The highest BCUT2D eigenvalue weighted by molar-refractivity contribution is 6.25. The average molecular weight is 599 g/mol. The number of carbonyl (C=O) groups is 3. The van der Waals surface area contributed by atoms with E-state index in [0.29, 0.717) is 17.7 Å². The van der Waals surface area contributed by atoms with Gasteiger partial charge in [0.05, 0.1) is 17.4 Å². The van der Waals surface area contributed by atoms with Crippen LogP contribution in [0.25, 0.3) is 6.08 Å². The highest BCUT2D eigenvalue weighted by Gasteiger charge is 2.55. The van der Waals surface area contributed by atoms with Crippen molar-refractivity contribution in [3.63, 3.8) is 0 Å². The van der Waals surface area contributed by atoms with Gasteiger partial charge in [-0.25, -0.2) is 23.1 Å². The van der Waals surface area contributed by atoms with Gasteiger partial charge in [0, 0.05) is 5.92 Å². The summed E-state index contributed by atoms with van der Waals surface area (Å²) in [6.45, 7) is -0.404. The molecule has 44 heavy (non-hydrogen) atoms. The Hall–Kier alpha value is -5.13. The van der Waals surface area contributed by atoms with Gasteiger partial charge >= 0.3 is 0 Å². The van der Waals surface area contributed by atoms with Crippen LogP contribution in [-0.4, -0.2) is 52.1 Å². The summed E-state index contributed by atoms with van der Waals surface area (Å²) in [5.41, 5.74) is 3.19. The van der Waals surface area contributed by atoms with E-state index in [1.54, 1.807) is 24.3 Å². The maximum Gasteiger partial charge on any atom is 0.264 e. The van der Waals surface area contributed by atoms with Crippen LogP contribution in [0.3, 0.4) is 0 Å². The van der Waals surface area contributed by atoms with Crippen molar-refractivity contribution in [3.8, 4) is 0 Å². The third-order valence-corrected chi connectivity index (χ3v) is 8.40. The molecule has 3 amide bonds. The molecule has 0 aromatic heterocycles. The van der Waals surface area contributed by atoms with Gasteiger partial charge in [0.15, 0.2) is 12.1 Å². The molecule has 0 bridgehead atoms. The molecule has 1 saturated heterocycles. The van der Waals surface area contributed by atoms with Crippen LogP contribution in [0.4, 0.5) is 18.9 Å². The first-order valence-corrected chi connectivity index (χ1v) is 14.2. The second kappa shape index (κ2) is 10.9. The van der Waals surface area contributed by atoms with Crippen molar-refractivity contribution in [2.75, 3.05) is 11.4 Å². The van der Waals surface area contributed by atoms with Crippen LogP contribution < -0.4 is 4.90 Å². The number of hydrogen-bond acceptors (Lipinski definition) is 7. The summed E-state index contributed by atoms with van der Waals surface area (Å²) in [6.07, 6.45) is 4.20. The molecule has 9 nitrogen and oxygen atoms in total. The molecule has 0 N–H and O–H groups in total. The monoisotopic (exact) mass is 598 g/mol. The van der Waals surface area contributed by atoms with Gasteiger partial charge in [-0.15, -0.1) is 0 Å². The van der Waals surface area contributed by atoms with E-state index < -0.39 is 54.0 Å². The number of hydrogen-bond donors (Lipinski definition) is 0. The van der Waals surface area contributed by atoms with Crippen molar-refractivity contribution in [1.29, 1.82) is 0 Å². The molecule has 0 radical (unpaired) electrons. The number of fused-ring (bicyclic) bond motifs is 2. The van der Waals surface area contributed by atoms with Gasteiger partial charge in [0.2, 0.25) is 0 Å². The van der Waals surface area contributed by atoms with Gasteiger partial charge < -0.3 is 0 Å². The van der Waals surface area contributed by atoms with Gasteiger partial charge in [-0.1, -0.05) is 35.6 Å². The minimum absolute atomic E-state index is 0.0720. The quantitative estimate of drug-likeness (QED) is 0.376. The predicted octanol–water partition coefficient (Wildman–Crippen LogP) is 5.22. The summed E-state index contributed by atoms with van der Waals surface area (Å²) in [7, 11) is 0. The molecule has 0 unspecified atom stereocenters. The number of rotatable bonds is 5. The fraction of sp³-hybridized carbons (Fsp3) is 0.250. The maximum absolute atomic E-state index is 14.0. The van der Waals surface area contributed by atoms with E-state index in [-0.39, 0.29) is 17.4 Å². The highest BCUT2D eigenvalue weighted by Crippen LogP contribution is 2.45. The molecule has 4 atom stereocenters. The van der Waals surface area contributed by atoms with E-state index in [9.17, 15) is 27.6 Å². The zero-order chi connectivity index (χ0) is 30.5. The van der Waals surface area contributed by atoms with E-state index in [1.807, 2.05) is 6.08 Å². The van der Waals surface area contributed by atoms with Gasteiger partial charge in [-0.05, 0) is 84.5 Å². The van der Waals surface area contributed by atoms with Crippen LogP contribution in [-0.2, 0) is 14.4 Å². The first-order chi connectivity index (χ1) is 21.3. The van der Waals surface area contributed by atoms with Crippen LogP contribution >= 0.6 is 0 Å². The van der Waals surface area contributed by atoms with E-state index >= 15 is 0 Å². The van der Waals surface area contributed by atoms with Crippen LogP contribution in [0, 0.1) is 23.4 Å². The molecule has 2 fully saturated rings. The molecule has 1 aliphatic carbocycles. The minimum Gasteiger partial charge on any atom is -0.271 e. The van der Waals surface area contributed by atoms with Crippen LogP contribution in [0.5, 0.6) is 0 Å². The number of hydrazone groups is 1. The summed E-state index contributed by atoms with van der Waals surface area (Å²) >= 11 is 0. The number of nitrogens with zero attached hydrogens (tertiary/aromatic N) is 6. The second-order valence-electron chi connectivity index (χ2n) is 11.1. The molecular formula is C32H25F3N6O3. The lowest BCUT2D eigenvalue weighted by Crippen LogP contribution is -2.45. The van der Waals surface area contributed by atoms with E-state index in [2.05, 4.69) is 10.3 Å². The number of imide groups is 1. The number of anilines is 1. The van der Waals surface area contributed by atoms with Crippen LogP contribution in [0.15, 0.2) is 93.8 Å². The molecule has 3 aromatic carbocycles. The van der Waals surface area contributed by atoms with Gasteiger partial charge in [0.25, 0.3) is 17.7 Å². The topological polar surface area (TPSA) is 98.0 Å². The van der Waals surface area contributed by atoms with Crippen molar-refractivity contribution in [3.05, 3.63) is 107 Å². The second-order valence-corrected chi connectivity index (χ2v) is 11.1. The number of amides is 3. The Labute approximate surface area is 249 Å². The molecule has 12 heteroatoms. The Bertz CT molecular complexity index is 1760. The SMILES string of the molecule is O=C1[C@@H]2[C@@H](N=NN2CC(=O)N2N=C3/C(=C\c4ccc(F)cc4)CCC[C@@H]3[C@@H]2c2ccc(F)cc2)C(=O)N1c1cccc(F)c1. The molecule has 3 aliphatic heterocycles. The first-order valence-electron chi connectivity index (χ1n) is 14.2. The molecule has 3 aromatic rings. The summed E-state index contributed by atoms with van der Waals surface area (Å²) < 4.78 is 41.3. The first kappa shape index (κ1) is 27.7. The summed E-state index contributed by atoms with van der Waals surface area (Å²) in [4.78, 5) is 41.3. The van der Waals surface area contributed by atoms with Crippen molar-refractivity contribution >= 4 is 35.2 Å². The third-order valence-electron chi connectivity index (χ3n) is 8.40. The maximum atomic E-state index is 14.0. The van der Waals surface area contributed by atoms with E-state index in [1.165, 1.54) is 52.5 Å². The smallest absolute Gasteiger partial charge is 0.264 e. The summed E-state index contributed by atoms with van der Waals surface area (Å²) in [6, 6.07) is 14.2. The molecule has 7 rings (SSSR count). The van der Waals surface area contributed by atoms with E-state index in [0.717, 1.165) is 34.9 Å². The fourth-order valence-electron chi connectivity index (χ4n) is 6.40. The number of benzene rings is 3. The summed E-state index contributed by atoms with van der Waals surface area (Å²) in [5, 5.41) is 15.3. The Balaban J connectivity index is 1.19. The lowest BCUT2D eigenvalue weighted by atomic mass is 9.77. The lowest BCUT2D eigenvalue weighted by Gasteiger charge is -2.30. The predicted molar refractivity (Wildman–Crippen MR) is 153 cm³/mol. The molecular weight excluding hydrogens is 573 g/mol. The van der Waals surface area contributed by atoms with Crippen LogP contribution in [0.2, 0.25) is 0 Å². The Morgan fingerprint density at radius 1 is 0.886 bits per heavy atom. The van der Waals surface area contributed by atoms with Gasteiger partial charge in [-0.3, -0.25) is 19.4 Å². The van der Waals surface area contributed by atoms with Crippen molar-refractivity contribution in [2.24, 2.45) is 21.4 Å². The molecule has 222 valence electrons. The third kappa shape index (κ3) is 4.76. The highest BCUT2D eigenvalue weighted by atomic mass is 19.1. The van der Waals surface area contributed by atoms with E-state index in [4.69, 9.17) is 5.10 Å². The minimum atomic E-state index is -1.16. The summed E-state index contributed by atoms with van der Waals surface area (Å²) in [5.74, 6) is -3.36. The normalized spacial score (nSPS) is 25.1. The fourth-order valence-corrected chi connectivity index (χ4v) is 6.40. The standard InChI is InChI=1S/C32H25F3N6O3/c33-21-11-7-18(8-12-21)15-20-3-1-6-25-27(20)37-41(29(25)19-9-13-22(34)14-10-19)26(42)17-39-30-28(36-38-39)31(43)40(32(30)44)24-5-2-4-23(35)16-24/h2,4-5,7-16,25,28-30H,1,3,6,17H2/b20-15-/t25-,28+,29-,30-/m0/s1. The van der Waals surface area contributed by atoms with Crippen LogP contribution in [0.1, 0.15) is 36.4 Å². The van der Waals surface area contributed by atoms with Gasteiger partial charge in [-0.2, -0.15) is 10.2 Å². The molecule has 3 heterocycles. The van der Waals surface area contributed by atoms with Crippen molar-refractivity contribution < 1.29 is 27.6 Å². The molecule has 4 aliphatic rings. The Morgan fingerprint density at radius 2 is 1.61 bits per heavy atom. The Kier molecular flexibility index (Phi) is 6.83. The zero-order valence-corrected chi connectivity index (χ0v) is 23.2. The largest absolute Gasteiger partial charge is 0.271 e. The van der Waals surface area contributed by atoms with Crippen molar-refractivity contribution in [1.82, 2.24) is 10.0 Å². The Morgan fingerprint density at radius 3 is 2.34 bits per heavy atom. The number of halogens is 3.